The number of amides is 1. The molecule has 21 heavy (non-hydrogen) atoms. The average molecular weight is 293 g/mol. The standard InChI is InChI=1S/C16H23NO4/c1-3-21-10-15(18)17-11-16(19)8-4-5-12-9-13(20-2)6-7-14(12)16/h6-7,9,19H,3-5,8,10-11H2,1-2H3,(H,17,18). The number of fused-ring (bicyclic) bond motifs is 1. The summed E-state index contributed by atoms with van der Waals surface area (Å²) in [5, 5.41) is 13.6. The van der Waals surface area contributed by atoms with E-state index in [0.29, 0.717) is 13.0 Å². The minimum atomic E-state index is -1.01. The van der Waals surface area contributed by atoms with E-state index in [2.05, 4.69) is 5.32 Å². The van der Waals surface area contributed by atoms with Crippen molar-refractivity contribution >= 4 is 5.91 Å². The number of benzene rings is 1. The Morgan fingerprint density at radius 2 is 2.29 bits per heavy atom. The van der Waals surface area contributed by atoms with Gasteiger partial charge >= 0.3 is 0 Å². The van der Waals surface area contributed by atoms with Crippen molar-refractivity contribution in [2.24, 2.45) is 0 Å². The summed E-state index contributed by atoms with van der Waals surface area (Å²) in [4.78, 5) is 11.6. The van der Waals surface area contributed by atoms with Crippen molar-refractivity contribution in [3.8, 4) is 5.75 Å². The Labute approximate surface area is 125 Å². The zero-order valence-corrected chi connectivity index (χ0v) is 12.6. The van der Waals surface area contributed by atoms with Crippen molar-refractivity contribution < 1.29 is 19.4 Å². The first-order valence-electron chi connectivity index (χ1n) is 7.33. The molecule has 1 aliphatic rings. The van der Waals surface area contributed by atoms with E-state index in [1.807, 2.05) is 25.1 Å². The Morgan fingerprint density at radius 1 is 1.48 bits per heavy atom. The third-order valence-corrected chi connectivity index (χ3v) is 3.87. The third kappa shape index (κ3) is 3.74. The maximum Gasteiger partial charge on any atom is 0.246 e. The SMILES string of the molecule is CCOCC(=O)NCC1(O)CCCc2cc(OC)ccc21. The number of carbonyl (C=O) groups excluding carboxylic acids is 1. The number of hydrogen-bond acceptors (Lipinski definition) is 4. The summed E-state index contributed by atoms with van der Waals surface area (Å²) in [6, 6.07) is 5.70. The van der Waals surface area contributed by atoms with Crippen molar-refractivity contribution in [1.29, 1.82) is 0 Å². The average Bonchev–Trinajstić information content (AvgIpc) is 2.51. The summed E-state index contributed by atoms with van der Waals surface area (Å²) in [6.07, 6.45) is 2.45. The van der Waals surface area contributed by atoms with Crippen LogP contribution in [0.3, 0.4) is 0 Å². The highest BCUT2D eigenvalue weighted by Crippen LogP contribution is 2.36. The number of hydrogen-bond donors (Lipinski definition) is 2. The second kappa shape index (κ2) is 6.91. The maximum absolute atomic E-state index is 11.6. The fraction of sp³-hybridized carbons (Fsp3) is 0.562. The van der Waals surface area contributed by atoms with Gasteiger partial charge in [-0.05, 0) is 49.4 Å². The van der Waals surface area contributed by atoms with Crippen LogP contribution in [0.25, 0.3) is 0 Å². The van der Waals surface area contributed by atoms with Crippen LogP contribution in [0.1, 0.15) is 30.9 Å². The van der Waals surface area contributed by atoms with E-state index < -0.39 is 5.60 Å². The molecule has 1 unspecified atom stereocenters. The lowest BCUT2D eigenvalue weighted by Crippen LogP contribution is -2.44. The normalized spacial score (nSPS) is 20.7. The van der Waals surface area contributed by atoms with E-state index in [0.717, 1.165) is 29.7 Å². The van der Waals surface area contributed by atoms with Crippen molar-refractivity contribution in [1.82, 2.24) is 5.32 Å². The number of nitrogens with one attached hydrogen (secondary N) is 1. The van der Waals surface area contributed by atoms with Gasteiger partial charge in [0.05, 0.1) is 13.7 Å². The highest BCUT2D eigenvalue weighted by atomic mass is 16.5. The molecule has 5 heteroatoms. The molecule has 0 radical (unpaired) electrons. The van der Waals surface area contributed by atoms with Crippen molar-refractivity contribution in [2.75, 3.05) is 26.9 Å². The summed E-state index contributed by atoms with van der Waals surface area (Å²) in [7, 11) is 1.63. The van der Waals surface area contributed by atoms with Gasteiger partial charge < -0.3 is 19.9 Å². The van der Waals surface area contributed by atoms with Gasteiger partial charge in [-0.3, -0.25) is 4.79 Å². The molecule has 0 spiro atoms. The minimum absolute atomic E-state index is 0.0298. The molecule has 1 aromatic carbocycles. The van der Waals surface area contributed by atoms with Gasteiger partial charge in [-0.25, -0.2) is 0 Å². The lowest BCUT2D eigenvalue weighted by molar-refractivity contribution is -0.127. The van der Waals surface area contributed by atoms with E-state index in [1.165, 1.54) is 0 Å². The first-order valence-corrected chi connectivity index (χ1v) is 7.33. The lowest BCUT2D eigenvalue weighted by Gasteiger charge is -2.34. The van der Waals surface area contributed by atoms with Gasteiger partial charge in [-0.15, -0.1) is 0 Å². The van der Waals surface area contributed by atoms with Gasteiger partial charge in [0.15, 0.2) is 0 Å². The highest BCUT2D eigenvalue weighted by molar-refractivity contribution is 5.77. The molecular weight excluding hydrogens is 270 g/mol. The minimum Gasteiger partial charge on any atom is -0.497 e. The number of rotatable bonds is 6. The van der Waals surface area contributed by atoms with Crippen molar-refractivity contribution in [3.05, 3.63) is 29.3 Å². The van der Waals surface area contributed by atoms with Gasteiger partial charge in [0, 0.05) is 6.61 Å². The topological polar surface area (TPSA) is 67.8 Å². The fourth-order valence-electron chi connectivity index (χ4n) is 2.74. The smallest absolute Gasteiger partial charge is 0.246 e. The second-order valence-electron chi connectivity index (χ2n) is 5.32. The Hall–Kier alpha value is -1.59. The molecular formula is C16H23NO4. The van der Waals surface area contributed by atoms with E-state index in [1.54, 1.807) is 7.11 Å². The molecule has 0 bridgehead atoms. The zero-order chi connectivity index (χ0) is 15.3. The van der Waals surface area contributed by atoms with Crippen LogP contribution >= 0.6 is 0 Å². The van der Waals surface area contributed by atoms with Crippen LogP contribution in [0.4, 0.5) is 0 Å². The Bertz CT molecular complexity index is 503. The maximum atomic E-state index is 11.6. The molecule has 0 saturated carbocycles. The molecule has 2 N–H and O–H groups in total. The second-order valence-corrected chi connectivity index (χ2v) is 5.32. The number of ether oxygens (including phenoxy) is 2. The number of aliphatic hydroxyl groups is 1. The van der Waals surface area contributed by atoms with Crippen LogP contribution in [0.5, 0.6) is 5.75 Å². The molecule has 2 rings (SSSR count). The third-order valence-electron chi connectivity index (χ3n) is 3.87. The van der Waals surface area contributed by atoms with Crippen LogP contribution < -0.4 is 10.1 Å². The van der Waals surface area contributed by atoms with Gasteiger partial charge in [-0.2, -0.15) is 0 Å². The lowest BCUT2D eigenvalue weighted by atomic mass is 9.79. The summed E-state index contributed by atoms with van der Waals surface area (Å²) < 4.78 is 10.3. The fourth-order valence-corrected chi connectivity index (χ4v) is 2.74. The number of carbonyl (C=O) groups is 1. The first kappa shape index (κ1) is 15.8. The molecule has 0 heterocycles. The summed E-state index contributed by atoms with van der Waals surface area (Å²) in [5.74, 6) is 0.587. The molecule has 1 aliphatic carbocycles. The Kier molecular flexibility index (Phi) is 5.20. The Morgan fingerprint density at radius 3 is 3.00 bits per heavy atom. The van der Waals surface area contributed by atoms with Crippen molar-refractivity contribution in [2.45, 2.75) is 31.8 Å². The van der Waals surface area contributed by atoms with Crippen LogP contribution in [-0.4, -0.2) is 37.9 Å². The molecule has 1 amide bonds. The molecule has 0 aromatic heterocycles. The molecule has 5 nitrogen and oxygen atoms in total. The van der Waals surface area contributed by atoms with E-state index in [9.17, 15) is 9.90 Å². The van der Waals surface area contributed by atoms with Crippen molar-refractivity contribution in [3.63, 3.8) is 0 Å². The summed E-state index contributed by atoms with van der Waals surface area (Å²) in [6.45, 7) is 2.58. The van der Waals surface area contributed by atoms with E-state index in [-0.39, 0.29) is 19.1 Å². The van der Waals surface area contributed by atoms with Crippen LogP contribution in [-0.2, 0) is 21.6 Å². The highest BCUT2D eigenvalue weighted by Gasteiger charge is 2.34. The largest absolute Gasteiger partial charge is 0.497 e. The van der Waals surface area contributed by atoms with E-state index >= 15 is 0 Å². The molecule has 1 atom stereocenters. The zero-order valence-electron chi connectivity index (χ0n) is 12.6. The summed E-state index contributed by atoms with van der Waals surface area (Å²) in [5.41, 5.74) is 0.954. The van der Waals surface area contributed by atoms with Crippen LogP contribution in [0.2, 0.25) is 0 Å². The number of methoxy groups -OCH3 is 1. The molecule has 1 aromatic rings. The summed E-state index contributed by atoms with van der Waals surface area (Å²) >= 11 is 0. The predicted molar refractivity (Wildman–Crippen MR) is 79.3 cm³/mol. The molecule has 0 fully saturated rings. The van der Waals surface area contributed by atoms with Gasteiger partial charge in [0.2, 0.25) is 5.91 Å². The van der Waals surface area contributed by atoms with Gasteiger partial charge in [-0.1, -0.05) is 6.07 Å². The molecule has 116 valence electrons. The first-order chi connectivity index (χ1) is 10.1. The molecule has 0 aliphatic heterocycles. The monoisotopic (exact) mass is 293 g/mol. The number of aryl methyl sites for hydroxylation is 1. The molecule has 0 saturated heterocycles. The van der Waals surface area contributed by atoms with Crippen LogP contribution in [0.15, 0.2) is 18.2 Å². The Balaban J connectivity index is 2.08. The van der Waals surface area contributed by atoms with Crippen LogP contribution in [0, 0.1) is 0 Å². The quantitative estimate of drug-likeness (QED) is 0.831. The van der Waals surface area contributed by atoms with Gasteiger partial charge in [0.25, 0.3) is 0 Å². The van der Waals surface area contributed by atoms with E-state index in [4.69, 9.17) is 9.47 Å². The predicted octanol–water partition coefficient (Wildman–Crippen LogP) is 1.37. The van der Waals surface area contributed by atoms with Gasteiger partial charge in [0.1, 0.15) is 18.0 Å².